The van der Waals surface area contributed by atoms with E-state index in [1.807, 2.05) is 30.3 Å². The van der Waals surface area contributed by atoms with Crippen molar-refractivity contribution in [1.82, 2.24) is 10.6 Å². The molecule has 0 aliphatic carbocycles. The van der Waals surface area contributed by atoms with Gasteiger partial charge in [0.1, 0.15) is 28.2 Å². The van der Waals surface area contributed by atoms with Gasteiger partial charge >= 0.3 is 6.09 Å². The minimum Gasteiger partial charge on any atom is -0.496 e. The molecule has 0 aliphatic rings. The lowest BCUT2D eigenvalue weighted by Gasteiger charge is -2.18. The van der Waals surface area contributed by atoms with Gasteiger partial charge in [-0.3, -0.25) is 4.79 Å². The zero-order valence-corrected chi connectivity index (χ0v) is 17.8. The van der Waals surface area contributed by atoms with Gasteiger partial charge in [0, 0.05) is 18.4 Å². The number of sulfone groups is 1. The molecule has 1 unspecified atom stereocenters. The Morgan fingerprint density at radius 3 is 2.37 bits per heavy atom. The van der Waals surface area contributed by atoms with Crippen molar-refractivity contribution in [1.29, 1.82) is 0 Å². The minimum absolute atomic E-state index is 0.0360. The summed E-state index contributed by atoms with van der Waals surface area (Å²) in [5.74, 6) is -0.152. The molecule has 0 aliphatic heterocycles. The van der Waals surface area contributed by atoms with Crippen LogP contribution in [0.2, 0.25) is 0 Å². The van der Waals surface area contributed by atoms with Crippen LogP contribution in [0.4, 0.5) is 4.79 Å². The van der Waals surface area contributed by atoms with Gasteiger partial charge in [0.25, 0.3) is 0 Å². The number of alkyl carbamates (subject to hydrolysis) is 1. The molecule has 30 heavy (non-hydrogen) atoms. The Hall–Kier alpha value is -3.07. The molecule has 2 amide bonds. The summed E-state index contributed by atoms with van der Waals surface area (Å²) >= 11 is 0. The maximum absolute atomic E-state index is 12.6. The van der Waals surface area contributed by atoms with Crippen LogP contribution in [0.1, 0.15) is 17.5 Å². The number of carbonyl (C=O) groups excluding carboxylic acids is 2. The summed E-state index contributed by atoms with van der Waals surface area (Å²) in [6, 6.07) is 15.2. The summed E-state index contributed by atoms with van der Waals surface area (Å²) in [6.45, 7) is 0.202. The monoisotopic (exact) mass is 434 g/mol. The van der Waals surface area contributed by atoms with Crippen LogP contribution < -0.4 is 15.4 Å². The third-order valence-corrected chi connectivity index (χ3v) is 5.22. The van der Waals surface area contributed by atoms with E-state index in [0.717, 1.165) is 17.4 Å². The molecule has 2 aromatic rings. The fourth-order valence-corrected chi connectivity index (χ4v) is 3.33. The van der Waals surface area contributed by atoms with E-state index in [2.05, 4.69) is 10.6 Å². The summed E-state index contributed by atoms with van der Waals surface area (Å²) < 4.78 is 33.4. The van der Waals surface area contributed by atoms with Gasteiger partial charge in [-0.2, -0.15) is 0 Å². The molecule has 1 atom stereocenters. The number of rotatable bonds is 10. The van der Waals surface area contributed by atoms with Gasteiger partial charge in [0.15, 0.2) is 0 Å². The van der Waals surface area contributed by atoms with Gasteiger partial charge < -0.3 is 20.1 Å². The van der Waals surface area contributed by atoms with Crippen molar-refractivity contribution in [2.24, 2.45) is 0 Å². The third-order valence-electron chi connectivity index (χ3n) is 4.24. The molecule has 0 heterocycles. The number of hydrogen-bond donors (Lipinski definition) is 2. The van der Waals surface area contributed by atoms with E-state index >= 15 is 0 Å². The Morgan fingerprint density at radius 1 is 1.03 bits per heavy atom. The van der Waals surface area contributed by atoms with Gasteiger partial charge in [0.05, 0.1) is 12.9 Å². The van der Waals surface area contributed by atoms with Crippen molar-refractivity contribution in [3.05, 3.63) is 65.7 Å². The largest absolute Gasteiger partial charge is 0.496 e. The van der Waals surface area contributed by atoms with E-state index in [4.69, 9.17) is 9.47 Å². The van der Waals surface area contributed by atoms with Crippen molar-refractivity contribution in [3.63, 3.8) is 0 Å². The Bertz CT molecular complexity index is 947. The molecule has 9 heteroatoms. The van der Waals surface area contributed by atoms with Crippen molar-refractivity contribution < 1.29 is 27.5 Å². The van der Waals surface area contributed by atoms with Gasteiger partial charge in [0.2, 0.25) is 5.91 Å². The Balaban J connectivity index is 1.98. The highest BCUT2D eigenvalue weighted by atomic mass is 32.2. The van der Waals surface area contributed by atoms with Crippen LogP contribution >= 0.6 is 0 Å². The molecule has 2 aromatic carbocycles. The highest BCUT2D eigenvalue weighted by Crippen LogP contribution is 2.16. The normalized spacial score (nSPS) is 11.9. The molecule has 162 valence electrons. The summed E-state index contributed by atoms with van der Waals surface area (Å²) in [6.07, 6.45) is 0.200. The maximum Gasteiger partial charge on any atom is 0.408 e. The first-order chi connectivity index (χ1) is 14.3. The van der Waals surface area contributed by atoms with Crippen LogP contribution in [0, 0.1) is 0 Å². The highest BCUT2D eigenvalue weighted by molar-refractivity contribution is 7.90. The Labute approximate surface area is 176 Å². The second-order valence-electron chi connectivity index (χ2n) is 6.71. The molecular formula is C21H26N2O6S. The summed E-state index contributed by atoms with van der Waals surface area (Å²) in [5, 5.41) is 5.16. The molecule has 2 rings (SSSR count). The third kappa shape index (κ3) is 8.12. The van der Waals surface area contributed by atoms with Crippen molar-refractivity contribution in [3.8, 4) is 5.75 Å². The zero-order chi connectivity index (χ0) is 22.0. The summed E-state index contributed by atoms with van der Waals surface area (Å²) in [7, 11) is -1.79. The average Bonchev–Trinajstić information content (AvgIpc) is 2.73. The predicted molar refractivity (Wildman–Crippen MR) is 113 cm³/mol. The number of para-hydroxylation sites is 1. The molecule has 0 saturated heterocycles. The predicted octanol–water partition coefficient (Wildman–Crippen LogP) is 2.04. The Kier molecular flexibility index (Phi) is 8.67. The molecule has 0 radical (unpaired) electrons. The standard InChI is InChI=1S/C21H26N2O6S/c1-28-19-11-7-6-10-17(19)14-22-20(24)18(12-13-30(2,26)27)23-21(25)29-15-16-8-4-3-5-9-16/h3-11,18H,12-15H2,1-2H3,(H,22,24)(H,23,25). The van der Waals surface area contributed by atoms with E-state index in [9.17, 15) is 18.0 Å². The topological polar surface area (TPSA) is 111 Å². The summed E-state index contributed by atoms with van der Waals surface area (Å²) in [5.41, 5.74) is 1.54. The molecule has 8 nitrogen and oxygen atoms in total. The van der Waals surface area contributed by atoms with Crippen LogP contribution in [-0.2, 0) is 32.5 Å². The first kappa shape index (κ1) is 23.2. The number of hydrogen-bond acceptors (Lipinski definition) is 6. The average molecular weight is 435 g/mol. The fourth-order valence-electron chi connectivity index (χ4n) is 2.66. The van der Waals surface area contributed by atoms with E-state index in [1.54, 1.807) is 24.3 Å². The van der Waals surface area contributed by atoms with Crippen LogP contribution in [-0.4, -0.2) is 45.6 Å². The van der Waals surface area contributed by atoms with E-state index < -0.39 is 27.9 Å². The molecular weight excluding hydrogens is 408 g/mol. The Morgan fingerprint density at radius 2 is 1.70 bits per heavy atom. The van der Waals surface area contributed by atoms with Gasteiger partial charge in [-0.15, -0.1) is 0 Å². The lowest BCUT2D eigenvalue weighted by Crippen LogP contribution is -2.47. The smallest absolute Gasteiger partial charge is 0.408 e. The minimum atomic E-state index is -3.31. The van der Waals surface area contributed by atoms with E-state index in [-0.39, 0.29) is 25.3 Å². The van der Waals surface area contributed by atoms with E-state index in [1.165, 1.54) is 7.11 Å². The van der Waals surface area contributed by atoms with Crippen molar-refractivity contribution in [2.75, 3.05) is 19.1 Å². The number of nitrogens with one attached hydrogen (secondary N) is 2. The zero-order valence-electron chi connectivity index (χ0n) is 17.0. The number of methoxy groups -OCH3 is 1. The number of amides is 2. The first-order valence-corrected chi connectivity index (χ1v) is 11.4. The number of benzene rings is 2. The lowest BCUT2D eigenvalue weighted by atomic mass is 10.1. The second kappa shape index (κ2) is 11.2. The van der Waals surface area contributed by atoms with Crippen LogP contribution in [0.3, 0.4) is 0 Å². The van der Waals surface area contributed by atoms with Crippen LogP contribution in [0.15, 0.2) is 54.6 Å². The van der Waals surface area contributed by atoms with Crippen molar-refractivity contribution >= 4 is 21.8 Å². The SMILES string of the molecule is COc1ccccc1CNC(=O)C(CCS(C)(=O)=O)NC(=O)OCc1ccccc1. The molecule has 0 aromatic heterocycles. The first-order valence-electron chi connectivity index (χ1n) is 9.33. The maximum atomic E-state index is 12.6. The van der Waals surface area contributed by atoms with Gasteiger partial charge in [-0.05, 0) is 18.1 Å². The van der Waals surface area contributed by atoms with Gasteiger partial charge in [-0.25, -0.2) is 13.2 Å². The molecule has 0 fully saturated rings. The second-order valence-corrected chi connectivity index (χ2v) is 8.97. The lowest BCUT2D eigenvalue weighted by molar-refractivity contribution is -0.123. The van der Waals surface area contributed by atoms with Crippen molar-refractivity contribution in [2.45, 2.75) is 25.6 Å². The number of carbonyl (C=O) groups is 2. The fraction of sp³-hybridized carbons (Fsp3) is 0.333. The van der Waals surface area contributed by atoms with Gasteiger partial charge in [-0.1, -0.05) is 48.5 Å². The molecule has 2 N–H and O–H groups in total. The summed E-state index contributed by atoms with van der Waals surface area (Å²) in [4.78, 5) is 24.8. The molecule has 0 saturated carbocycles. The van der Waals surface area contributed by atoms with Crippen LogP contribution in [0.5, 0.6) is 5.75 Å². The highest BCUT2D eigenvalue weighted by Gasteiger charge is 2.23. The van der Waals surface area contributed by atoms with Crippen LogP contribution in [0.25, 0.3) is 0 Å². The quantitative estimate of drug-likeness (QED) is 0.592. The molecule has 0 spiro atoms. The number of ether oxygens (including phenoxy) is 2. The molecule has 0 bridgehead atoms. The van der Waals surface area contributed by atoms with E-state index in [0.29, 0.717) is 5.75 Å².